The molecule has 3 nitrogen and oxygen atoms in total. The van der Waals surface area contributed by atoms with Crippen LogP contribution in [0.4, 0.5) is 0 Å². The second-order valence-corrected chi connectivity index (χ2v) is 18.3. The fourth-order valence-electron chi connectivity index (χ4n) is 10.8. The summed E-state index contributed by atoms with van der Waals surface area (Å²) in [6.45, 7) is 4.83. The fraction of sp³-hybridized carbons (Fsp3) is 0.0508. The molecule has 0 fully saturated rings. The third-order valence-corrected chi connectivity index (χ3v) is 14.1. The van der Waals surface area contributed by atoms with Gasteiger partial charge in [0.2, 0.25) is 5.95 Å². The monoisotopic (exact) mass is 867 g/mol. The summed E-state index contributed by atoms with van der Waals surface area (Å²) in [6.07, 6.45) is 0. The predicted octanol–water partition coefficient (Wildman–Crippen LogP) is 16.3. The molecule has 0 spiro atoms. The van der Waals surface area contributed by atoms with Gasteiger partial charge in [-0.15, -0.1) is 0 Å². The van der Waals surface area contributed by atoms with Gasteiger partial charge < -0.3 is 0 Å². The first-order chi connectivity index (χ1) is 30.9. The van der Waals surface area contributed by atoms with Gasteiger partial charge in [-0.05, 0) is 119 Å². The lowest BCUT2D eigenvalue weighted by Crippen LogP contribution is -2.17. The molecule has 13 rings (SSSR count). The van der Waals surface area contributed by atoms with Crippen molar-refractivity contribution in [3.63, 3.8) is 0 Å². The Morgan fingerprint density at radius 2 is 0.968 bits per heavy atom. The highest BCUT2D eigenvalue weighted by molar-refractivity contribution is 9.10. The Balaban J connectivity index is 1.17. The first kappa shape index (κ1) is 36.3. The molecule has 10 aromatic carbocycles. The molecule has 4 heteroatoms. The maximum Gasteiger partial charge on any atom is 0.235 e. The van der Waals surface area contributed by atoms with Crippen molar-refractivity contribution in [3.8, 4) is 50.7 Å². The Labute approximate surface area is 373 Å². The largest absolute Gasteiger partial charge is 0.278 e. The minimum absolute atomic E-state index is 0.388. The molecule has 1 aliphatic rings. The number of nitrogens with zero attached hydrogens (tertiary/aromatic N) is 3. The van der Waals surface area contributed by atoms with Gasteiger partial charge >= 0.3 is 0 Å². The Hall–Kier alpha value is -7.40. The lowest BCUT2D eigenvalue weighted by atomic mass is 9.80. The van der Waals surface area contributed by atoms with Crippen molar-refractivity contribution in [2.45, 2.75) is 19.3 Å². The van der Waals surface area contributed by atoms with Crippen LogP contribution < -0.4 is 0 Å². The second kappa shape index (κ2) is 13.5. The van der Waals surface area contributed by atoms with Crippen LogP contribution in [0.25, 0.3) is 116 Å². The van der Waals surface area contributed by atoms with Gasteiger partial charge in [-0.25, -0.2) is 9.97 Å². The number of fused-ring (bicyclic) bond motifs is 16. The van der Waals surface area contributed by atoms with Crippen LogP contribution in [0.1, 0.15) is 25.0 Å². The number of hydrogen-bond donors (Lipinski definition) is 0. The van der Waals surface area contributed by atoms with E-state index in [4.69, 9.17) is 9.97 Å². The molecule has 0 aliphatic heterocycles. The highest BCUT2D eigenvalue weighted by atomic mass is 79.9. The maximum absolute atomic E-state index is 5.58. The van der Waals surface area contributed by atoms with Gasteiger partial charge in [-0.2, -0.15) is 0 Å². The van der Waals surface area contributed by atoms with Crippen LogP contribution in [0, 0.1) is 0 Å². The molecule has 0 atom stereocenters. The van der Waals surface area contributed by atoms with Gasteiger partial charge in [-0.3, -0.25) is 4.57 Å². The minimum atomic E-state index is -0.388. The van der Waals surface area contributed by atoms with E-state index in [1.54, 1.807) is 0 Å². The quantitative estimate of drug-likeness (QED) is 0.165. The van der Waals surface area contributed by atoms with E-state index in [1.807, 2.05) is 0 Å². The molecule has 2 heterocycles. The van der Waals surface area contributed by atoms with E-state index < -0.39 is 0 Å². The van der Waals surface area contributed by atoms with Gasteiger partial charge in [0, 0.05) is 31.8 Å². The summed E-state index contributed by atoms with van der Waals surface area (Å²) in [7, 11) is 0. The lowest BCUT2D eigenvalue weighted by Gasteiger charge is -2.24. The molecule has 296 valence electrons. The third kappa shape index (κ3) is 5.31. The standard InChI is InChI=1S/C59H38BrN3/c1-59(2)50-33-47-43-25-12-10-23-41(43)40-22-9-11-24-42(40)46(47)32-48(50)54-44-26-13-14-27-45(44)55-49-31-39(60)28-29-53(49)63(57(55)56(54)59)58-61-51(36-18-7-4-8-19-36)34-52(62-58)38-21-15-20-37(30-38)35-16-5-3-6-17-35/h3-34H,1-2H3. The Kier molecular flexibility index (Phi) is 7.80. The van der Waals surface area contributed by atoms with Crippen LogP contribution in [-0.2, 0) is 5.41 Å². The molecule has 0 radical (unpaired) electrons. The average molecular weight is 869 g/mol. The first-order valence-electron chi connectivity index (χ1n) is 21.6. The van der Waals surface area contributed by atoms with Crippen molar-refractivity contribution in [1.82, 2.24) is 14.5 Å². The summed E-state index contributed by atoms with van der Waals surface area (Å²) >= 11 is 3.89. The van der Waals surface area contributed by atoms with Gasteiger partial charge in [0.15, 0.2) is 0 Å². The fourth-order valence-corrected chi connectivity index (χ4v) is 11.1. The number of rotatable bonds is 4. The molecule has 1 aliphatic carbocycles. The van der Waals surface area contributed by atoms with Crippen molar-refractivity contribution in [2.24, 2.45) is 0 Å². The molecule has 0 saturated heterocycles. The van der Waals surface area contributed by atoms with Crippen LogP contribution in [-0.4, -0.2) is 14.5 Å². The third-order valence-electron chi connectivity index (χ3n) is 13.6. The minimum Gasteiger partial charge on any atom is -0.278 e. The summed E-state index contributed by atoms with van der Waals surface area (Å²) < 4.78 is 3.40. The van der Waals surface area contributed by atoms with E-state index in [2.05, 4.69) is 228 Å². The first-order valence-corrected chi connectivity index (χ1v) is 22.4. The Morgan fingerprint density at radius 3 is 1.65 bits per heavy atom. The zero-order valence-electron chi connectivity index (χ0n) is 34.7. The molecule has 63 heavy (non-hydrogen) atoms. The van der Waals surface area contributed by atoms with Crippen molar-refractivity contribution < 1.29 is 0 Å². The molecule has 0 unspecified atom stereocenters. The molecular formula is C59H38BrN3. The van der Waals surface area contributed by atoms with E-state index in [9.17, 15) is 0 Å². The second-order valence-electron chi connectivity index (χ2n) is 17.4. The summed E-state index contributed by atoms with van der Waals surface area (Å²) in [5.41, 5.74) is 13.2. The van der Waals surface area contributed by atoms with Crippen LogP contribution in [0.2, 0.25) is 0 Å². The van der Waals surface area contributed by atoms with Gasteiger partial charge in [0.25, 0.3) is 0 Å². The van der Waals surface area contributed by atoms with Gasteiger partial charge in [-0.1, -0.05) is 181 Å². The summed E-state index contributed by atoms with van der Waals surface area (Å²) in [5.74, 6) is 0.644. The van der Waals surface area contributed by atoms with E-state index in [0.717, 1.165) is 49.0 Å². The Morgan fingerprint density at radius 1 is 0.429 bits per heavy atom. The molecular weight excluding hydrogens is 831 g/mol. The number of benzene rings is 10. The maximum atomic E-state index is 5.58. The zero-order chi connectivity index (χ0) is 42.0. The Bertz CT molecular complexity index is 3880. The van der Waals surface area contributed by atoms with Crippen molar-refractivity contribution in [2.75, 3.05) is 0 Å². The van der Waals surface area contributed by atoms with Crippen LogP contribution in [0.5, 0.6) is 0 Å². The topological polar surface area (TPSA) is 30.7 Å². The molecule has 12 aromatic rings. The number of hydrogen-bond acceptors (Lipinski definition) is 2. The molecule has 2 aromatic heterocycles. The smallest absolute Gasteiger partial charge is 0.235 e. The summed E-state index contributed by atoms with van der Waals surface area (Å²) in [4.78, 5) is 11.1. The van der Waals surface area contributed by atoms with E-state index in [0.29, 0.717) is 5.95 Å². The van der Waals surface area contributed by atoms with Crippen molar-refractivity contribution >= 4 is 80.8 Å². The molecule has 0 saturated carbocycles. The SMILES string of the molecule is CC1(C)c2cc3c4ccccc4c4ccccc4c3cc2-c2c1c1c(c3ccccc23)c2cc(Br)ccc2n1-c1nc(-c2ccccc2)cc(-c2cccc(-c3ccccc3)c2)n1. The average Bonchev–Trinajstić information content (AvgIpc) is 3.79. The summed E-state index contributed by atoms with van der Waals surface area (Å²) in [6, 6.07) is 70.4. The van der Waals surface area contributed by atoms with E-state index in [1.165, 1.54) is 76.3 Å². The molecule has 0 amide bonds. The van der Waals surface area contributed by atoms with Crippen LogP contribution >= 0.6 is 15.9 Å². The highest BCUT2D eigenvalue weighted by Gasteiger charge is 2.41. The zero-order valence-corrected chi connectivity index (χ0v) is 36.3. The van der Waals surface area contributed by atoms with E-state index in [-0.39, 0.29) is 5.41 Å². The molecule has 0 N–H and O–H groups in total. The van der Waals surface area contributed by atoms with Gasteiger partial charge in [0.1, 0.15) is 0 Å². The normalized spacial score (nSPS) is 13.1. The summed E-state index contributed by atoms with van der Waals surface area (Å²) in [5, 5.41) is 12.5. The highest BCUT2D eigenvalue weighted by Crippen LogP contribution is 2.58. The number of halogens is 1. The van der Waals surface area contributed by atoms with E-state index >= 15 is 0 Å². The lowest BCUT2D eigenvalue weighted by molar-refractivity contribution is 0.664. The number of aromatic nitrogens is 3. The van der Waals surface area contributed by atoms with Crippen molar-refractivity contribution in [3.05, 3.63) is 210 Å². The van der Waals surface area contributed by atoms with Gasteiger partial charge in [0.05, 0.1) is 22.4 Å². The van der Waals surface area contributed by atoms with Crippen LogP contribution in [0.15, 0.2) is 199 Å². The molecule has 0 bridgehead atoms. The van der Waals surface area contributed by atoms with Crippen molar-refractivity contribution in [1.29, 1.82) is 0 Å². The van der Waals surface area contributed by atoms with Crippen LogP contribution in [0.3, 0.4) is 0 Å². The predicted molar refractivity (Wildman–Crippen MR) is 268 cm³/mol.